The number of hydrogen-bond acceptors (Lipinski definition) is 4. The van der Waals surface area contributed by atoms with E-state index in [2.05, 4.69) is 22.2 Å². The molecule has 2 rings (SSSR count). The average molecular weight is 257 g/mol. The van der Waals surface area contributed by atoms with Crippen LogP contribution in [-0.2, 0) is 0 Å². The summed E-state index contributed by atoms with van der Waals surface area (Å²) in [6.45, 7) is 5.01. The Labute approximate surface area is 113 Å². The van der Waals surface area contributed by atoms with Crippen molar-refractivity contribution in [3.63, 3.8) is 0 Å². The van der Waals surface area contributed by atoms with Crippen LogP contribution in [0.1, 0.15) is 18.9 Å². The second-order valence-corrected chi connectivity index (χ2v) is 4.38. The van der Waals surface area contributed by atoms with Crippen LogP contribution in [0.15, 0.2) is 30.5 Å². The second kappa shape index (κ2) is 6.18. The minimum absolute atomic E-state index is 0.679. The molecule has 0 saturated carbocycles. The topological polar surface area (TPSA) is 47.0 Å². The lowest BCUT2D eigenvalue weighted by Crippen LogP contribution is -2.05. The summed E-state index contributed by atoms with van der Waals surface area (Å²) >= 11 is 0. The largest absolute Gasteiger partial charge is 0.497 e. The zero-order valence-corrected chi connectivity index (χ0v) is 11.6. The molecule has 1 aromatic heterocycles. The number of aryl methyl sites for hydroxylation is 1. The van der Waals surface area contributed by atoms with Gasteiger partial charge in [-0.15, -0.1) is 0 Å². The van der Waals surface area contributed by atoms with Crippen molar-refractivity contribution in [2.24, 2.45) is 0 Å². The van der Waals surface area contributed by atoms with Crippen molar-refractivity contribution in [2.75, 3.05) is 19.0 Å². The molecule has 2 aromatic rings. The second-order valence-electron chi connectivity index (χ2n) is 4.38. The molecule has 4 nitrogen and oxygen atoms in total. The highest BCUT2D eigenvalue weighted by molar-refractivity contribution is 5.64. The maximum absolute atomic E-state index is 5.17. The summed E-state index contributed by atoms with van der Waals surface area (Å²) in [4.78, 5) is 8.86. The number of ether oxygens (including phenoxy) is 1. The van der Waals surface area contributed by atoms with Crippen molar-refractivity contribution < 1.29 is 4.74 Å². The van der Waals surface area contributed by atoms with Gasteiger partial charge in [-0.1, -0.05) is 6.92 Å². The van der Waals surface area contributed by atoms with Crippen LogP contribution in [0.4, 0.5) is 5.95 Å². The predicted molar refractivity (Wildman–Crippen MR) is 77.5 cm³/mol. The van der Waals surface area contributed by atoms with Crippen LogP contribution in [0.25, 0.3) is 11.3 Å². The van der Waals surface area contributed by atoms with Gasteiger partial charge >= 0.3 is 0 Å². The van der Waals surface area contributed by atoms with Crippen molar-refractivity contribution in [2.45, 2.75) is 20.3 Å². The van der Waals surface area contributed by atoms with E-state index in [1.54, 1.807) is 7.11 Å². The lowest BCUT2D eigenvalue weighted by Gasteiger charge is -2.09. The predicted octanol–water partition coefficient (Wildman–Crippen LogP) is 3.28. The average Bonchev–Trinajstić information content (AvgIpc) is 2.46. The van der Waals surface area contributed by atoms with Gasteiger partial charge in [-0.3, -0.25) is 0 Å². The third kappa shape index (κ3) is 3.22. The van der Waals surface area contributed by atoms with E-state index in [0.29, 0.717) is 5.95 Å². The maximum atomic E-state index is 5.17. The van der Waals surface area contributed by atoms with E-state index in [1.807, 2.05) is 37.4 Å². The molecule has 0 aliphatic carbocycles. The van der Waals surface area contributed by atoms with Crippen LogP contribution in [0.3, 0.4) is 0 Å². The molecule has 1 N–H and O–H groups in total. The smallest absolute Gasteiger partial charge is 0.223 e. The maximum Gasteiger partial charge on any atom is 0.223 e. The molecule has 0 atom stereocenters. The Bertz CT molecular complexity index is 538. The molecule has 0 aliphatic heterocycles. The van der Waals surface area contributed by atoms with Crippen LogP contribution in [0.2, 0.25) is 0 Å². The van der Waals surface area contributed by atoms with Crippen LogP contribution in [0.5, 0.6) is 5.75 Å². The molecule has 0 unspecified atom stereocenters. The van der Waals surface area contributed by atoms with Crippen molar-refractivity contribution in [1.29, 1.82) is 0 Å². The molecule has 1 aromatic carbocycles. The van der Waals surface area contributed by atoms with E-state index in [1.165, 1.54) is 0 Å². The van der Waals surface area contributed by atoms with Crippen molar-refractivity contribution in [1.82, 2.24) is 9.97 Å². The Hall–Kier alpha value is -2.10. The number of rotatable bonds is 5. The summed E-state index contributed by atoms with van der Waals surface area (Å²) in [5.74, 6) is 1.53. The minimum atomic E-state index is 0.679. The van der Waals surface area contributed by atoms with E-state index >= 15 is 0 Å². The summed E-state index contributed by atoms with van der Waals surface area (Å²) in [5.41, 5.74) is 3.09. The van der Waals surface area contributed by atoms with Gasteiger partial charge in [-0.25, -0.2) is 9.97 Å². The summed E-state index contributed by atoms with van der Waals surface area (Å²) in [6.07, 6.45) is 2.90. The number of benzene rings is 1. The summed E-state index contributed by atoms with van der Waals surface area (Å²) in [6, 6.07) is 7.90. The third-order valence-corrected chi connectivity index (χ3v) is 2.87. The number of nitrogens with zero attached hydrogens (tertiary/aromatic N) is 2. The number of anilines is 1. The number of methoxy groups -OCH3 is 1. The zero-order chi connectivity index (χ0) is 13.7. The number of nitrogens with one attached hydrogen (secondary N) is 1. The lowest BCUT2D eigenvalue weighted by molar-refractivity contribution is 0.415. The van der Waals surface area contributed by atoms with Gasteiger partial charge < -0.3 is 10.1 Å². The molecule has 0 spiro atoms. The molecule has 0 radical (unpaired) electrons. The molecule has 19 heavy (non-hydrogen) atoms. The van der Waals surface area contributed by atoms with Crippen LogP contribution < -0.4 is 10.1 Å². The molecule has 0 aliphatic rings. The first kappa shape index (κ1) is 13.3. The molecule has 4 heteroatoms. The molecular weight excluding hydrogens is 238 g/mol. The van der Waals surface area contributed by atoms with E-state index < -0.39 is 0 Å². The van der Waals surface area contributed by atoms with Gasteiger partial charge in [0.15, 0.2) is 0 Å². The van der Waals surface area contributed by atoms with Crippen LogP contribution >= 0.6 is 0 Å². The Kier molecular flexibility index (Phi) is 4.34. The Morgan fingerprint density at radius 1 is 1.21 bits per heavy atom. The molecular formula is C15H19N3O. The van der Waals surface area contributed by atoms with Crippen molar-refractivity contribution in [3.05, 3.63) is 36.0 Å². The first-order valence-corrected chi connectivity index (χ1v) is 6.46. The first-order chi connectivity index (χ1) is 9.24. The van der Waals surface area contributed by atoms with Gasteiger partial charge in [-0.2, -0.15) is 0 Å². The van der Waals surface area contributed by atoms with E-state index in [4.69, 9.17) is 4.74 Å². The normalized spacial score (nSPS) is 10.3. The highest BCUT2D eigenvalue weighted by atomic mass is 16.5. The van der Waals surface area contributed by atoms with Crippen LogP contribution in [-0.4, -0.2) is 23.6 Å². The van der Waals surface area contributed by atoms with Crippen molar-refractivity contribution in [3.8, 4) is 17.0 Å². The first-order valence-electron chi connectivity index (χ1n) is 6.46. The van der Waals surface area contributed by atoms with E-state index in [0.717, 1.165) is 35.5 Å². The molecule has 100 valence electrons. The zero-order valence-electron chi connectivity index (χ0n) is 11.6. The van der Waals surface area contributed by atoms with Gasteiger partial charge in [0, 0.05) is 18.3 Å². The quantitative estimate of drug-likeness (QED) is 0.893. The monoisotopic (exact) mass is 257 g/mol. The third-order valence-electron chi connectivity index (χ3n) is 2.87. The summed E-state index contributed by atoms with van der Waals surface area (Å²) in [7, 11) is 1.66. The molecule has 1 heterocycles. The van der Waals surface area contributed by atoms with Gasteiger partial charge in [0.2, 0.25) is 5.95 Å². The summed E-state index contributed by atoms with van der Waals surface area (Å²) in [5, 5.41) is 3.21. The van der Waals surface area contributed by atoms with Crippen molar-refractivity contribution >= 4 is 5.95 Å². The number of aromatic nitrogens is 2. The van der Waals surface area contributed by atoms with E-state index in [-0.39, 0.29) is 0 Å². The van der Waals surface area contributed by atoms with E-state index in [9.17, 15) is 0 Å². The Morgan fingerprint density at radius 3 is 2.58 bits per heavy atom. The summed E-state index contributed by atoms with van der Waals surface area (Å²) < 4.78 is 5.17. The number of hydrogen-bond donors (Lipinski definition) is 1. The fourth-order valence-corrected chi connectivity index (χ4v) is 1.81. The molecule has 0 fully saturated rings. The Balaban J connectivity index is 2.31. The highest BCUT2D eigenvalue weighted by Crippen LogP contribution is 2.24. The lowest BCUT2D eigenvalue weighted by atomic mass is 10.1. The molecule has 0 bridgehead atoms. The van der Waals surface area contributed by atoms with Gasteiger partial charge in [-0.05, 0) is 43.2 Å². The fraction of sp³-hybridized carbons (Fsp3) is 0.333. The van der Waals surface area contributed by atoms with Crippen LogP contribution in [0, 0.1) is 6.92 Å². The SMILES string of the molecule is CCCNc1ncc(C)c(-c2ccc(OC)cc2)n1. The Morgan fingerprint density at radius 2 is 1.95 bits per heavy atom. The van der Waals surface area contributed by atoms with Gasteiger partial charge in [0.25, 0.3) is 0 Å². The minimum Gasteiger partial charge on any atom is -0.497 e. The van der Waals surface area contributed by atoms with Gasteiger partial charge in [0.1, 0.15) is 5.75 Å². The standard InChI is InChI=1S/C15H19N3O/c1-4-9-16-15-17-10-11(2)14(18-15)12-5-7-13(19-3)8-6-12/h5-8,10H,4,9H2,1-3H3,(H,16,17,18). The molecule has 0 amide bonds. The highest BCUT2D eigenvalue weighted by Gasteiger charge is 2.06. The fourth-order valence-electron chi connectivity index (χ4n) is 1.81. The molecule has 0 saturated heterocycles. The van der Waals surface area contributed by atoms with Gasteiger partial charge in [0.05, 0.1) is 12.8 Å².